The second-order valence-electron chi connectivity index (χ2n) is 8.16. The number of piperidine rings is 1. The number of methoxy groups -OCH3 is 2. The highest BCUT2D eigenvalue weighted by Gasteiger charge is 2.26. The summed E-state index contributed by atoms with van der Waals surface area (Å²) >= 11 is 0. The van der Waals surface area contributed by atoms with Gasteiger partial charge < -0.3 is 19.7 Å². The molecule has 3 aromatic carbocycles. The topological polar surface area (TPSA) is 50.8 Å². The van der Waals surface area contributed by atoms with Gasteiger partial charge in [0.05, 0.1) is 14.2 Å². The van der Waals surface area contributed by atoms with Gasteiger partial charge in [-0.3, -0.25) is 4.79 Å². The number of hydrogen-bond acceptors (Lipinski definition) is 4. The minimum Gasteiger partial charge on any atom is -0.493 e. The van der Waals surface area contributed by atoms with E-state index in [0.717, 1.165) is 41.8 Å². The molecule has 0 radical (unpaired) electrons. The monoisotopic (exact) mass is 430 g/mol. The second kappa shape index (κ2) is 9.77. The van der Waals surface area contributed by atoms with Gasteiger partial charge in [0.15, 0.2) is 11.5 Å². The lowest BCUT2D eigenvalue weighted by Gasteiger charge is -2.34. The van der Waals surface area contributed by atoms with Crippen LogP contribution in [0.25, 0.3) is 11.1 Å². The fourth-order valence-corrected chi connectivity index (χ4v) is 4.39. The number of amides is 1. The zero-order chi connectivity index (χ0) is 22.5. The number of likely N-dealkylation sites (tertiary alicyclic amines) is 1. The molecule has 1 unspecified atom stereocenters. The summed E-state index contributed by atoms with van der Waals surface area (Å²) in [5.41, 5.74) is 4.98. The normalized spacial score (nSPS) is 15.8. The van der Waals surface area contributed by atoms with E-state index < -0.39 is 0 Å². The van der Waals surface area contributed by atoms with Gasteiger partial charge in [-0.15, -0.1) is 0 Å². The Morgan fingerprint density at radius 3 is 2.41 bits per heavy atom. The zero-order valence-electron chi connectivity index (χ0n) is 18.9. The first-order valence-electron chi connectivity index (χ1n) is 11.0. The molecule has 0 bridgehead atoms. The number of benzene rings is 3. The maximum Gasteiger partial charge on any atom is 0.254 e. The quantitative estimate of drug-likeness (QED) is 0.569. The number of ether oxygens (including phenoxy) is 2. The van der Waals surface area contributed by atoms with Gasteiger partial charge in [-0.1, -0.05) is 42.5 Å². The third-order valence-corrected chi connectivity index (χ3v) is 6.06. The molecule has 1 aliphatic heterocycles. The zero-order valence-corrected chi connectivity index (χ0v) is 18.9. The lowest BCUT2D eigenvalue weighted by atomic mass is 9.94. The van der Waals surface area contributed by atoms with Crippen molar-refractivity contribution in [1.82, 2.24) is 4.90 Å². The molecule has 5 heteroatoms. The van der Waals surface area contributed by atoms with Crippen LogP contribution in [0.1, 0.15) is 28.8 Å². The van der Waals surface area contributed by atoms with Crippen molar-refractivity contribution in [3.8, 4) is 22.6 Å². The summed E-state index contributed by atoms with van der Waals surface area (Å²) in [6, 6.07) is 22.1. The number of aryl methyl sites for hydroxylation is 1. The van der Waals surface area contributed by atoms with Crippen molar-refractivity contribution in [2.75, 3.05) is 32.6 Å². The van der Waals surface area contributed by atoms with Crippen molar-refractivity contribution in [1.29, 1.82) is 0 Å². The Kier molecular flexibility index (Phi) is 6.64. The minimum absolute atomic E-state index is 0.0858. The third kappa shape index (κ3) is 4.57. The smallest absolute Gasteiger partial charge is 0.254 e. The fraction of sp³-hybridized carbons (Fsp3) is 0.296. The minimum atomic E-state index is 0.0858. The van der Waals surface area contributed by atoms with Crippen molar-refractivity contribution >= 4 is 11.6 Å². The summed E-state index contributed by atoms with van der Waals surface area (Å²) in [5.74, 6) is 1.47. The SMILES string of the molecule is COc1ccc(NC2CCCN(C(=O)c3ccccc3-c3ccccc3C)C2)cc1OC. The van der Waals surface area contributed by atoms with Crippen molar-refractivity contribution in [3.63, 3.8) is 0 Å². The highest BCUT2D eigenvalue weighted by molar-refractivity contribution is 6.01. The van der Waals surface area contributed by atoms with Gasteiger partial charge in [-0.2, -0.15) is 0 Å². The van der Waals surface area contributed by atoms with Crippen LogP contribution in [0.2, 0.25) is 0 Å². The van der Waals surface area contributed by atoms with Crippen LogP contribution in [0.4, 0.5) is 5.69 Å². The summed E-state index contributed by atoms with van der Waals surface area (Å²) < 4.78 is 10.7. The van der Waals surface area contributed by atoms with E-state index in [1.54, 1.807) is 14.2 Å². The maximum atomic E-state index is 13.5. The van der Waals surface area contributed by atoms with Crippen LogP contribution in [0.3, 0.4) is 0 Å². The van der Waals surface area contributed by atoms with E-state index in [2.05, 4.69) is 24.4 Å². The van der Waals surface area contributed by atoms with Gasteiger partial charge >= 0.3 is 0 Å². The van der Waals surface area contributed by atoms with Crippen LogP contribution in [-0.2, 0) is 0 Å². The van der Waals surface area contributed by atoms with E-state index in [0.29, 0.717) is 18.0 Å². The van der Waals surface area contributed by atoms with E-state index in [9.17, 15) is 4.79 Å². The van der Waals surface area contributed by atoms with Gasteiger partial charge in [-0.05, 0) is 54.7 Å². The summed E-state index contributed by atoms with van der Waals surface area (Å²) in [6.07, 6.45) is 1.97. The summed E-state index contributed by atoms with van der Waals surface area (Å²) in [6.45, 7) is 3.51. The molecular formula is C27H30N2O3. The number of nitrogens with zero attached hydrogens (tertiary/aromatic N) is 1. The second-order valence-corrected chi connectivity index (χ2v) is 8.16. The molecule has 0 aromatic heterocycles. The predicted octanol–water partition coefficient (Wildman–Crippen LogP) is 5.40. The van der Waals surface area contributed by atoms with E-state index in [-0.39, 0.29) is 11.9 Å². The fourth-order valence-electron chi connectivity index (χ4n) is 4.39. The molecule has 1 heterocycles. The Balaban J connectivity index is 1.52. The summed E-state index contributed by atoms with van der Waals surface area (Å²) in [7, 11) is 3.26. The molecule has 0 aliphatic carbocycles. The number of nitrogens with one attached hydrogen (secondary N) is 1. The molecule has 166 valence electrons. The number of carbonyl (C=O) groups excluding carboxylic acids is 1. The van der Waals surface area contributed by atoms with Crippen molar-refractivity contribution in [2.45, 2.75) is 25.8 Å². The van der Waals surface area contributed by atoms with Crippen LogP contribution in [-0.4, -0.2) is 44.2 Å². The first-order chi connectivity index (χ1) is 15.6. The highest BCUT2D eigenvalue weighted by atomic mass is 16.5. The van der Waals surface area contributed by atoms with Gasteiger partial charge in [0.1, 0.15) is 0 Å². The molecule has 1 saturated heterocycles. The number of anilines is 1. The molecule has 32 heavy (non-hydrogen) atoms. The van der Waals surface area contributed by atoms with E-state index >= 15 is 0 Å². The number of hydrogen-bond donors (Lipinski definition) is 1. The molecule has 1 aliphatic rings. The first-order valence-corrected chi connectivity index (χ1v) is 11.0. The Hall–Kier alpha value is -3.47. The Morgan fingerprint density at radius 2 is 1.66 bits per heavy atom. The van der Waals surface area contributed by atoms with Gasteiger partial charge in [0.2, 0.25) is 0 Å². The van der Waals surface area contributed by atoms with E-state index in [1.807, 2.05) is 59.5 Å². The van der Waals surface area contributed by atoms with Gasteiger partial charge in [-0.25, -0.2) is 0 Å². The molecule has 4 rings (SSSR count). The lowest BCUT2D eigenvalue weighted by Crippen LogP contribution is -2.45. The molecule has 0 spiro atoms. The van der Waals surface area contributed by atoms with Gasteiger partial charge in [0.25, 0.3) is 5.91 Å². The molecular weight excluding hydrogens is 400 g/mol. The Morgan fingerprint density at radius 1 is 0.938 bits per heavy atom. The molecule has 1 N–H and O–H groups in total. The first kappa shape index (κ1) is 21.8. The van der Waals surface area contributed by atoms with Crippen LogP contribution < -0.4 is 14.8 Å². The van der Waals surface area contributed by atoms with E-state index in [4.69, 9.17) is 9.47 Å². The molecule has 1 amide bonds. The molecule has 1 fully saturated rings. The number of carbonyl (C=O) groups is 1. The number of rotatable bonds is 6. The summed E-state index contributed by atoms with van der Waals surface area (Å²) in [5, 5.41) is 3.57. The van der Waals surface area contributed by atoms with Crippen molar-refractivity contribution < 1.29 is 14.3 Å². The highest BCUT2D eigenvalue weighted by Crippen LogP contribution is 2.31. The molecule has 3 aromatic rings. The average molecular weight is 431 g/mol. The van der Waals surface area contributed by atoms with Crippen molar-refractivity contribution in [2.24, 2.45) is 0 Å². The average Bonchev–Trinajstić information content (AvgIpc) is 2.84. The maximum absolute atomic E-state index is 13.5. The molecule has 0 saturated carbocycles. The molecule has 5 nitrogen and oxygen atoms in total. The largest absolute Gasteiger partial charge is 0.493 e. The Bertz CT molecular complexity index is 1100. The Labute approximate surface area is 190 Å². The predicted molar refractivity (Wildman–Crippen MR) is 129 cm³/mol. The van der Waals surface area contributed by atoms with Crippen LogP contribution in [0.15, 0.2) is 66.7 Å². The standard InChI is InChI=1S/C27H30N2O3/c1-19-9-4-5-11-22(19)23-12-6-7-13-24(23)27(30)29-16-8-10-21(18-29)28-20-14-15-25(31-2)26(17-20)32-3/h4-7,9,11-15,17,21,28H,8,10,16,18H2,1-3H3. The van der Waals surface area contributed by atoms with Gasteiger partial charge in [0, 0.05) is 36.4 Å². The van der Waals surface area contributed by atoms with Crippen molar-refractivity contribution in [3.05, 3.63) is 77.9 Å². The van der Waals surface area contributed by atoms with Crippen LogP contribution in [0.5, 0.6) is 11.5 Å². The van der Waals surface area contributed by atoms with Crippen LogP contribution in [0, 0.1) is 6.92 Å². The summed E-state index contributed by atoms with van der Waals surface area (Å²) in [4.78, 5) is 15.5. The third-order valence-electron chi connectivity index (χ3n) is 6.06. The van der Waals surface area contributed by atoms with E-state index in [1.165, 1.54) is 5.56 Å². The lowest BCUT2D eigenvalue weighted by molar-refractivity contribution is 0.0715. The molecule has 1 atom stereocenters. The van der Waals surface area contributed by atoms with Crippen LogP contribution >= 0.6 is 0 Å².